The molecule has 0 atom stereocenters. The third kappa shape index (κ3) is 4.61. The molecule has 0 bridgehead atoms. The Bertz CT molecular complexity index is 530. The second-order valence-corrected chi connectivity index (χ2v) is 5.31. The maximum atomic E-state index is 11.9. The quantitative estimate of drug-likeness (QED) is 0.785. The summed E-state index contributed by atoms with van der Waals surface area (Å²) in [5.74, 6) is -0.0754. The summed E-state index contributed by atoms with van der Waals surface area (Å²) in [6.45, 7) is 4.81. The average molecular weight is 311 g/mol. The summed E-state index contributed by atoms with van der Waals surface area (Å²) < 4.78 is 0. The van der Waals surface area contributed by atoms with Gasteiger partial charge >= 0.3 is 6.03 Å². The molecule has 0 aliphatic carbocycles. The smallest absolute Gasteiger partial charge is 0.319 e. The van der Waals surface area contributed by atoms with Gasteiger partial charge in [0.25, 0.3) is 0 Å². The summed E-state index contributed by atoms with van der Waals surface area (Å²) >= 11 is 5.99. The summed E-state index contributed by atoms with van der Waals surface area (Å²) in [7, 11) is 0. The van der Waals surface area contributed by atoms with Crippen LogP contribution in [0.3, 0.4) is 0 Å². The number of anilines is 1. The van der Waals surface area contributed by atoms with Gasteiger partial charge in [0.1, 0.15) is 0 Å². The Morgan fingerprint density at radius 3 is 2.71 bits per heavy atom. The summed E-state index contributed by atoms with van der Waals surface area (Å²) in [6.07, 6.45) is 0. The summed E-state index contributed by atoms with van der Waals surface area (Å²) in [5.41, 5.74) is 1.54. The van der Waals surface area contributed by atoms with Crippen LogP contribution < -0.4 is 16.0 Å². The van der Waals surface area contributed by atoms with Crippen molar-refractivity contribution in [2.45, 2.75) is 6.92 Å². The highest BCUT2D eigenvalue weighted by molar-refractivity contribution is 6.31. The Morgan fingerprint density at radius 2 is 2.05 bits per heavy atom. The molecule has 21 heavy (non-hydrogen) atoms. The minimum atomic E-state index is -0.418. The molecule has 1 aliphatic heterocycles. The molecule has 7 heteroatoms. The standard InChI is InChI=1S/C14H19ClN4O2/c1-10-2-3-11(8-12(10)15)18-14(21)17-9-13(20)19-6-4-16-5-7-19/h2-3,8,16H,4-7,9H2,1H3,(H2,17,18,21). The lowest BCUT2D eigenvalue weighted by atomic mass is 10.2. The minimum Gasteiger partial charge on any atom is -0.339 e. The monoisotopic (exact) mass is 310 g/mol. The van der Waals surface area contributed by atoms with Crippen molar-refractivity contribution in [1.82, 2.24) is 15.5 Å². The molecule has 1 saturated heterocycles. The van der Waals surface area contributed by atoms with Gasteiger partial charge in [0.15, 0.2) is 0 Å². The van der Waals surface area contributed by atoms with Gasteiger partial charge < -0.3 is 20.9 Å². The first-order valence-electron chi connectivity index (χ1n) is 6.86. The number of hydrogen-bond donors (Lipinski definition) is 3. The highest BCUT2D eigenvalue weighted by Gasteiger charge is 2.16. The molecule has 1 fully saturated rings. The maximum absolute atomic E-state index is 11.9. The molecule has 2 rings (SSSR count). The van der Waals surface area contributed by atoms with Crippen LogP contribution in [0.15, 0.2) is 18.2 Å². The van der Waals surface area contributed by atoms with Crippen LogP contribution in [-0.4, -0.2) is 49.6 Å². The first-order valence-corrected chi connectivity index (χ1v) is 7.23. The molecular formula is C14H19ClN4O2. The van der Waals surface area contributed by atoms with Crippen LogP contribution in [0.5, 0.6) is 0 Å². The van der Waals surface area contributed by atoms with Crippen molar-refractivity contribution in [3.05, 3.63) is 28.8 Å². The topological polar surface area (TPSA) is 73.5 Å². The van der Waals surface area contributed by atoms with E-state index in [0.29, 0.717) is 23.8 Å². The van der Waals surface area contributed by atoms with Crippen LogP contribution in [0.2, 0.25) is 5.02 Å². The van der Waals surface area contributed by atoms with Gasteiger partial charge in [-0.15, -0.1) is 0 Å². The number of halogens is 1. The molecular weight excluding hydrogens is 292 g/mol. The van der Waals surface area contributed by atoms with E-state index in [1.807, 2.05) is 13.0 Å². The lowest BCUT2D eigenvalue weighted by molar-refractivity contribution is -0.130. The van der Waals surface area contributed by atoms with E-state index in [1.165, 1.54) is 0 Å². The van der Waals surface area contributed by atoms with Gasteiger partial charge in [-0.3, -0.25) is 4.79 Å². The largest absolute Gasteiger partial charge is 0.339 e. The van der Waals surface area contributed by atoms with Gasteiger partial charge in [0, 0.05) is 36.9 Å². The number of carbonyl (C=O) groups is 2. The lowest BCUT2D eigenvalue weighted by Crippen LogP contribution is -2.49. The maximum Gasteiger partial charge on any atom is 0.319 e. The third-order valence-corrected chi connectivity index (χ3v) is 3.71. The molecule has 0 radical (unpaired) electrons. The predicted octanol–water partition coefficient (Wildman–Crippen LogP) is 1.20. The van der Waals surface area contributed by atoms with Crippen molar-refractivity contribution in [2.75, 3.05) is 38.0 Å². The SMILES string of the molecule is Cc1ccc(NC(=O)NCC(=O)N2CCNCC2)cc1Cl. The molecule has 1 aromatic rings. The van der Waals surface area contributed by atoms with Gasteiger partial charge in [-0.1, -0.05) is 17.7 Å². The lowest BCUT2D eigenvalue weighted by Gasteiger charge is -2.27. The normalized spacial score (nSPS) is 14.7. The molecule has 0 saturated carbocycles. The molecule has 3 N–H and O–H groups in total. The average Bonchev–Trinajstić information content (AvgIpc) is 2.49. The van der Waals surface area contributed by atoms with Crippen LogP contribution in [-0.2, 0) is 4.79 Å². The van der Waals surface area contributed by atoms with E-state index in [2.05, 4.69) is 16.0 Å². The van der Waals surface area contributed by atoms with Gasteiger partial charge in [0.05, 0.1) is 6.54 Å². The number of amides is 3. The summed E-state index contributed by atoms with van der Waals surface area (Å²) in [4.78, 5) is 25.4. The predicted molar refractivity (Wildman–Crippen MR) is 82.7 cm³/mol. The first kappa shape index (κ1) is 15.6. The molecule has 1 aliphatic rings. The third-order valence-electron chi connectivity index (χ3n) is 3.30. The Kier molecular flexibility index (Phi) is 5.41. The van der Waals surface area contributed by atoms with Crippen molar-refractivity contribution in [3.63, 3.8) is 0 Å². The zero-order valence-electron chi connectivity index (χ0n) is 11.9. The second-order valence-electron chi connectivity index (χ2n) is 4.90. The molecule has 0 aromatic heterocycles. The van der Waals surface area contributed by atoms with E-state index in [-0.39, 0.29) is 12.5 Å². The van der Waals surface area contributed by atoms with E-state index < -0.39 is 6.03 Å². The van der Waals surface area contributed by atoms with Crippen molar-refractivity contribution < 1.29 is 9.59 Å². The van der Waals surface area contributed by atoms with E-state index in [0.717, 1.165) is 18.7 Å². The van der Waals surface area contributed by atoms with Gasteiger partial charge in [-0.05, 0) is 24.6 Å². The molecule has 6 nitrogen and oxygen atoms in total. The van der Waals surface area contributed by atoms with E-state index >= 15 is 0 Å². The highest BCUT2D eigenvalue weighted by atomic mass is 35.5. The van der Waals surface area contributed by atoms with E-state index in [9.17, 15) is 9.59 Å². The van der Waals surface area contributed by atoms with E-state index in [4.69, 9.17) is 11.6 Å². The summed E-state index contributed by atoms with van der Waals surface area (Å²) in [6, 6.07) is 4.84. The Hall–Kier alpha value is -1.79. The zero-order valence-corrected chi connectivity index (χ0v) is 12.7. The number of aryl methyl sites for hydroxylation is 1. The Morgan fingerprint density at radius 1 is 1.33 bits per heavy atom. The molecule has 0 spiro atoms. The second kappa shape index (κ2) is 7.28. The number of urea groups is 1. The van der Waals surface area contributed by atoms with Gasteiger partial charge in [0.2, 0.25) is 5.91 Å². The van der Waals surface area contributed by atoms with Gasteiger partial charge in [-0.25, -0.2) is 4.79 Å². The number of carbonyl (C=O) groups excluding carboxylic acids is 2. The molecule has 1 aromatic carbocycles. The number of benzene rings is 1. The number of nitrogens with zero attached hydrogens (tertiary/aromatic N) is 1. The van der Waals surface area contributed by atoms with Crippen LogP contribution in [0.1, 0.15) is 5.56 Å². The minimum absolute atomic E-state index is 0.00851. The first-order chi connectivity index (χ1) is 10.1. The molecule has 3 amide bonds. The zero-order chi connectivity index (χ0) is 15.2. The number of nitrogens with one attached hydrogen (secondary N) is 3. The van der Waals surface area contributed by atoms with Crippen LogP contribution in [0.25, 0.3) is 0 Å². The van der Waals surface area contributed by atoms with Crippen LogP contribution in [0.4, 0.5) is 10.5 Å². The van der Waals surface area contributed by atoms with Crippen molar-refractivity contribution in [3.8, 4) is 0 Å². The Labute approximate surface area is 128 Å². The molecule has 0 unspecified atom stereocenters. The fourth-order valence-electron chi connectivity index (χ4n) is 2.03. The van der Waals surface area contributed by atoms with Gasteiger partial charge in [-0.2, -0.15) is 0 Å². The van der Waals surface area contributed by atoms with Crippen molar-refractivity contribution >= 4 is 29.2 Å². The fraction of sp³-hybridized carbons (Fsp3) is 0.429. The van der Waals surface area contributed by atoms with Crippen LogP contribution in [0, 0.1) is 6.92 Å². The van der Waals surface area contributed by atoms with Crippen molar-refractivity contribution in [2.24, 2.45) is 0 Å². The number of piperazine rings is 1. The highest BCUT2D eigenvalue weighted by Crippen LogP contribution is 2.19. The number of rotatable bonds is 3. The molecule has 1 heterocycles. The molecule has 114 valence electrons. The van der Waals surface area contributed by atoms with Crippen molar-refractivity contribution in [1.29, 1.82) is 0 Å². The Balaban J connectivity index is 1.78. The fourth-order valence-corrected chi connectivity index (χ4v) is 2.21. The number of hydrogen-bond acceptors (Lipinski definition) is 3. The van der Waals surface area contributed by atoms with E-state index in [1.54, 1.807) is 17.0 Å². The summed E-state index contributed by atoms with van der Waals surface area (Å²) in [5, 5.41) is 8.97. The van der Waals surface area contributed by atoms with Crippen LogP contribution >= 0.6 is 11.6 Å².